The average molecular weight is 484 g/mol. The van der Waals surface area contributed by atoms with Crippen molar-refractivity contribution in [3.8, 4) is 0 Å². The molecule has 0 atom stereocenters. The maximum atomic E-state index is 12.6. The largest absolute Gasteiger partial charge is 0.457 e. The lowest BCUT2D eigenvalue weighted by Crippen LogP contribution is -2.48. The van der Waals surface area contributed by atoms with Gasteiger partial charge < -0.3 is 21.1 Å². The number of carbonyl (C=O) groups is 1. The molecule has 1 aromatic heterocycles. The minimum atomic E-state index is -0.488. The topological polar surface area (TPSA) is 107 Å². The summed E-state index contributed by atoms with van der Waals surface area (Å²) in [4.78, 5) is 24.4. The predicted molar refractivity (Wildman–Crippen MR) is 132 cm³/mol. The Morgan fingerprint density at radius 3 is 2.61 bits per heavy atom. The molecular weight excluding hydrogens is 458 g/mol. The Kier molecular flexibility index (Phi) is 7.07. The lowest BCUT2D eigenvalue weighted by molar-refractivity contribution is 0.0472. The Labute approximate surface area is 202 Å². The van der Waals surface area contributed by atoms with Gasteiger partial charge in [0.05, 0.1) is 16.8 Å². The van der Waals surface area contributed by atoms with Crippen molar-refractivity contribution in [1.29, 1.82) is 0 Å². The van der Waals surface area contributed by atoms with Crippen molar-refractivity contribution < 1.29 is 9.53 Å². The fourth-order valence-electron chi connectivity index (χ4n) is 3.51. The predicted octanol–water partition coefficient (Wildman–Crippen LogP) is 4.54. The quantitative estimate of drug-likeness (QED) is 0.492. The molecule has 0 saturated carbocycles. The van der Waals surface area contributed by atoms with E-state index in [0.29, 0.717) is 26.3 Å². The van der Waals surface area contributed by atoms with Crippen molar-refractivity contribution >= 4 is 41.0 Å². The summed E-state index contributed by atoms with van der Waals surface area (Å²) in [6.45, 7) is 3.87. The van der Waals surface area contributed by atoms with E-state index in [1.165, 1.54) is 11.8 Å². The van der Waals surface area contributed by atoms with Gasteiger partial charge in [-0.05, 0) is 37.5 Å². The Hall–Kier alpha value is -2.81. The van der Waals surface area contributed by atoms with Crippen LogP contribution in [0.4, 0.5) is 11.6 Å². The van der Waals surface area contributed by atoms with Crippen LogP contribution in [0.15, 0.2) is 64.6 Å². The highest BCUT2D eigenvalue weighted by molar-refractivity contribution is 7.99. The second kappa shape index (κ2) is 9.99. The van der Waals surface area contributed by atoms with Crippen LogP contribution in [0.25, 0.3) is 0 Å². The van der Waals surface area contributed by atoms with Crippen molar-refractivity contribution in [3.63, 3.8) is 0 Å². The third-order valence-corrected chi connectivity index (χ3v) is 7.17. The summed E-state index contributed by atoms with van der Waals surface area (Å²) in [5, 5.41) is 0.820. The van der Waals surface area contributed by atoms with E-state index < -0.39 is 5.97 Å². The summed E-state index contributed by atoms with van der Waals surface area (Å²) in [7, 11) is 0. The normalized spacial score (nSPS) is 15.3. The molecule has 4 N–H and O–H groups in total. The number of hydrogen-bond acceptors (Lipinski definition) is 8. The highest BCUT2D eigenvalue weighted by Gasteiger charge is 2.27. The summed E-state index contributed by atoms with van der Waals surface area (Å²) >= 11 is 7.80. The maximum absolute atomic E-state index is 12.6. The third-order valence-electron chi connectivity index (χ3n) is 5.58. The minimum Gasteiger partial charge on any atom is -0.457 e. The number of piperidine rings is 1. The molecule has 0 aliphatic carbocycles. The van der Waals surface area contributed by atoms with Crippen LogP contribution < -0.4 is 16.4 Å². The van der Waals surface area contributed by atoms with E-state index in [-0.39, 0.29) is 12.1 Å². The van der Waals surface area contributed by atoms with Crippen LogP contribution in [-0.2, 0) is 11.3 Å². The van der Waals surface area contributed by atoms with Crippen molar-refractivity contribution in [2.24, 2.45) is 5.73 Å². The lowest BCUT2D eigenvalue weighted by atomic mass is 9.91. The highest BCUT2D eigenvalue weighted by atomic mass is 35.5. The van der Waals surface area contributed by atoms with Gasteiger partial charge in [0.15, 0.2) is 5.82 Å². The average Bonchev–Trinajstić information content (AvgIpc) is 2.81. The number of ether oxygens (including phenoxy) is 1. The molecule has 1 fully saturated rings. The maximum Gasteiger partial charge on any atom is 0.340 e. The van der Waals surface area contributed by atoms with Gasteiger partial charge in [-0.2, -0.15) is 0 Å². The molecule has 0 bridgehead atoms. The molecule has 1 aliphatic heterocycles. The van der Waals surface area contributed by atoms with Gasteiger partial charge in [0.2, 0.25) is 0 Å². The molecule has 9 heteroatoms. The number of nitrogens with two attached hydrogens (primary N) is 2. The first kappa shape index (κ1) is 23.4. The Balaban J connectivity index is 1.45. The summed E-state index contributed by atoms with van der Waals surface area (Å²) < 4.78 is 5.42. The zero-order valence-electron chi connectivity index (χ0n) is 18.3. The van der Waals surface area contributed by atoms with Crippen LogP contribution in [0.1, 0.15) is 35.7 Å². The van der Waals surface area contributed by atoms with Gasteiger partial charge >= 0.3 is 5.97 Å². The van der Waals surface area contributed by atoms with Crippen molar-refractivity contribution in [2.45, 2.75) is 41.8 Å². The molecular formula is C24H26ClN5O2S. The molecule has 3 aromatic rings. The first-order chi connectivity index (χ1) is 15.8. The smallest absolute Gasteiger partial charge is 0.340 e. The van der Waals surface area contributed by atoms with Crippen LogP contribution in [0.3, 0.4) is 0 Å². The number of carbonyl (C=O) groups excluding carboxylic acids is 1. The minimum absolute atomic E-state index is 0.144. The third kappa shape index (κ3) is 5.76. The van der Waals surface area contributed by atoms with E-state index in [1.807, 2.05) is 36.4 Å². The second-order valence-electron chi connectivity index (χ2n) is 8.34. The molecule has 172 valence electrons. The monoisotopic (exact) mass is 483 g/mol. The van der Waals surface area contributed by atoms with E-state index in [4.69, 9.17) is 27.8 Å². The van der Waals surface area contributed by atoms with Crippen LogP contribution in [0, 0.1) is 0 Å². The molecule has 2 heterocycles. The molecule has 0 spiro atoms. The van der Waals surface area contributed by atoms with Crippen molar-refractivity contribution in [1.82, 2.24) is 9.97 Å². The number of benzene rings is 2. The summed E-state index contributed by atoms with van der Waals surface area (Å²) in [6, 6.07) is 14.7. The molecule has 7 nitrogen and oxygen atoms in total. The van der Waals surface area contributed by atoms with Gasteiger partial charge in [0.1, 0.15) is 17.5 Å². The SMILES string of the molecule is CC1(N)CCN(c2cnc(Sc3cccc(C(=O)OCc4ccccc4)c3Cl)c(N)n2)CC1. The highest BCUT2D eigenvalue weighted by Crippen LogP contribution is 2.37. The zero-order valence-corrected chi connectivity index (χ0v) is 19.9. The van der Waals surface area contributed by atoms with Crippen LogP contribution >= 0.6 is 23.4 Å². The number of nitrogens with zero attached hydrogens (tertiary/aromatic N) is 3. The fourth-order valence-corrected chi connectivity index (χ4v) is 4.64. The van der Waals surface area contributed by atoms with Crippen molar-refractivity contribution in [2.75, 3.05) is 23.7 Å². The number of anilines is 2. The number of rotatable bonds is 6. The molecule has 1 aliphatic rings. The fraction of sp³-hybridized carbons (Fsp3) is 0.292. The first-order valence-corrected chi connectivity index (χ1v) is 11.9. The van der Waals surface area contributed by atoms with E-state index in [1.54, 1.807) is 18.3 Å². The van der Waals surface area contributed by atoms with Crippen molar-refractivity contribution in [3.05, 3.63) is 70.9 Å². The van der Waals surface area contributed by atoms with Gasteiger partial charge in [0.25, 0.3) is 0 Å². The van der Waals surface area contributed by atoms with E-state index in [2.05, 4.69) is 21.8 Å². The molecule has 4 rings (SSSR count). The number of esters is 1. The first-order valence-electron chi connectivity index (χ1n) is 10.7. The molecule has 33 heavy (non-hydrogen) atoms. The molecule has 0 unspecified atom stereocenters. The van der Waals surface area contributed by atoms with E-state index >= 15 is 0 Å². The lowest BCUT2D eigenvalue weighted by Gasteiger charge is -2.37. The van der Waals surface area contributed by atoms with Gasteiger partial charge in [-0.25, -0.2) is 14.8 Å². The van der Waals surface area contributed by atoms with E-state index in [0.717, 1.165) is 37.3 Å². The van der Waals surface area contributed by atoms with Crippen LogP contribution in [0.5, 0.6) is 0 Å². The standard InChI is InChI=1S/C24H26ClN5O2S/c1-24(27)10-12-30(13-11-24)19-14-28-22(21(26)29-19)33-18-9-5-8-17(20(18)25)23(31)32-15-16-6-3-2-4-7-16/h2-9,14H,10-13,15,27H2,1H3,(H2,26,29). The number of halogens is 1. The Morgan fingerprint density at radius 2 is 1.91 bits per heavy atom. The van der Waals surface area contributed by atoms with Crippen LogP contribution in [-0.4, -0.2) is 34.6 Å². The van der Waals surface area contributed by atoms with Gasteiger partial charge in [-0.1, -0.05) is 59.8 Å². The van der Waals surface area contributed by atoms with E-state index in [9.17, 15) is 4.79 Å². The Bertz CT molecular complexity index is 1130. The Morgan fingerprint density at radius 1 is 1.18 bits per heavy atom. The summed E-state index contributed by atoms with van der Waals surface area (Å²) in [5.41, 5.74) is 13.5. The number of aromatic nitrogens is 2. The van der Waals surface area contributed by atoms with Gasteiger partial charge in [-0.3, -0.25) is 0 Å². The molecule has 0 amide bonds. The second-order valence-corrected chi connectivity index (χ2v) is 9.75. The number of hydrogen-bond donors (Lipinski definition) is 2. The molecule has 2 aromatic carbocycles. The van der Waals surface area contributed by atoms with Gasteiger partial charge in [-0.15, -0.1) is 0 Å². The summed E-state index contributed by atoms with van der Waals surface area (Å²) in [6.07, 6.45) is 3.48. The van der Waals surface area contributed by atoms with Crippen LogP contribution in [0.2, 0.25) is 5.02 Å². The van der Waals surface area contributed by atoms with Gasteiger partial charge in [0, 0.05) is 23.5 Å². The molecule has 0 radical (unpaired) electrons. The number of nitrogen functional groups attached to an aromatic ring is 1. The molecule has 1 saturated heterocycles. The zero-order chi connectivity index (χ0) is 23.4. The summed E-state index contributed by atoms with van der Waals surface area (Å²) in [5.74, 6) is 0.557.